The van der Waals surface area contributed by atoms with E-state index in [-0.39, 0.29) is 38.6 Å². The summed E-state index contributed by atoms with van der Waals surface area (Å²) in [6, 6.07) is 0. The summed E-state index contributed by atoms with van der Waals surface area (Å²) in [5, 5.41) is 9.67. The predicted molar refractivity (Wildman–Crippen MR) is 281 cm³/mol. The summed E-state index contributed by atoms with van der Waals surface area (Å²) in [4.78, 5) is 37.3. The van der Waals surface area contributed by atoms with E-state index in [9.17, 15) is 19.5 Å². The van der Waals surface area contributed by atoms with Crippen LogP contribution in [-0.2, 0) is 33.3 Å². The van der Waals surface area contributed by atoms with Crippen LogP contribution < -0.4 is 0 Å². The topological polar surface area (TPSA) is 108 Å². The van der Waals surface area contributed by atoms with Gasteiger partial charge >= 0.3 is 17.9 Å². The first kappa shape index (κ1) is 63.0. The monoisotopic (exact) mass is 935 g/mol. The van der Waals surface area contributed by atoms with Crippen molar-refractivity contribution in [2.75, 3.05) is 47.5 Å². The number of likely N-dealkylation sites (N-methyl/N-ethyl adjacent to an activating group) is 1. The molecule has 0 aromatic carbocycles. The van der Waals surface area contributed by atoms with Gasteiger partial charge in [-0.05, 0) is 103 Å². The highest BCUT2D eigenvalue weighted by Gasteiger charge is 2.25. The number of carboxylic acid groups (broad SMARTS) is 1. The van der Waals surface area contributed by atoms with Gasteiger partial charge in [-0.2, -0.15) is 0 Å². The zero-order valence-corrected chi connectivity index (χ0v) is 43.0. The van der Waals surface area contributed by atoms with Gasteiger partial charge in [0.05, 0.1) is 34.4 Å². The average Bonchev–Trinajstić information content (AvgIpc) is 3.29. The number of allylic oxidation sites excluding steroid dienone is 18. The predicted octanol–water partition coefficient (Wildman–Crippen LogP) is 14.8. The maximum Gasteiger partial charge on any atom is 0.361 e. The molecule has 1 N–H and O–H groups in total. The molecule has 9 nitrogen and oxygen atoms in total. The number of esters is 2. The van der Waals surface area contributed by atoms with E-state index in [0.29, 0.717) is 17.4 Å². The van der Waals surface area contributed by atoms with Crippen LogP contribution in [0.4, 0.5) is 0 Å². The van der Waals surface area contributed by atoms with Crippen LogP contribution in [-0.4, -0.2) is 87.4 Å². The number of ether oxygens (including phenoxy) is 4. The summed E-state index contributed by atoms with van der Waals surface area (Å²) >= 11 is 0. The van der Waals surface area contributed by atoms with Gasteiger partial charge in [0.15, 0.2) is 6.10 Å². The normalized spacial score (nSPS) is 13.7. The standard InChI is InChI=1S/C58H95NO8/c1-6-8-10-12-14-16-18-20-22-24-26-28-30-32-34-36-38-40-42-44-46-48-55(60)65-52-54(53-66-58(57(62)63)64-51-50-59(3,4)5)67-56(61)49-47-45-43-41-39-37-35-33-31-29-27-25-23-21-19-17-15-13-11-9-7-2/h9,11,15,17-18,20-21,23-24,26-27,29-30,32-33,35,39,41,54,58H,6-8,10,12-14,16,19,22,25,28,31,34,36-38,40,42-53H2,1-5H3/p+1/b11-9-,17-15-,20-18-,23-21-,26-24-,29-27-,32-30-,35-33-,41-39-. The largest absolute Gasteiger partial charge is 0.477 e. The van der Waals surface area contributed by atoms with Crippen molar-refractivity contribution in [2.24, 2.45) is 0 Å². The van der Waals surface area contributed by atoms with Gasteiger partial charge in [-0.3, -0.25) is 9.59 Å². The SMILES string of the molecule is CC/C=C\C/C=C\C/C=C\C/C=C\C/C=C\C/C=C\CCCCC(=O)OC(COC(=O)CCCCCCCC/C=C\C/C=C\C/C=C\CCCCCCC)COC(OCC[N+](C)(C)C)C(=O)O. The molecule has 0 saturated carbocycles. The molecule has 0 aliphatic carbocycles. The Hall–Kier alpha value is -4.05. The smallest absolute Gasteiger partial charge is 0.361 e. The molecule has 0 aliphatic rings. The summed E-state index contributed by atoms with van der Waals surface area (Å²) in [5.74, 6) is -2.10. The quantitative estimate of drug-likeness (QED) is 0.0211. The second kappa shape index (κ2) is 48.4. The lowest BCUT2D eigenvalue weighted by atomic mass is 10.1. The maximum absolute atomic E-state index is 12.8. The van der Waals surface area contributed by atoms with Crippen molar-refractivity contribution in [3.8, 4) is 0 Å². The number of hydrogen-bond acceptors (Lipinski definition) is 7. The molecule has 0 heterocycles. The molecule has 0 rings (SSSR count). The Labute approximate surface area is 409 Å². The highest BCUT2D eigenvalue weighted by Crippen LogP contribution is 2.12. The van der Waals surface area contributed by atoms with Gasteiger partial charge in [0, 0.05) is 12.8 Å². The van der Waals surface area contributed by atoms with Crippen molar-refractivity contribution in [1.29, 1.82) is 0 Å². The van der Waals surface area contributed by atoms with Crippen molar-refractivity contribution < 1.29 is 42.9 Å². The summed E-state index contributed by atoms with van der Waals surface area (Å²) in [7, 11) is 5.93. The van der Waals surface area contributed by atoms with Gasteiger partial charge < -0.3 is 28.5 Å². The molecule has 0 aliphatic heterocycles. The van der Waals surface area contributed by atoms with E-state index < -0.39 is 24.3 Å². The molecule has 2 unspecified atom stereocenters. The van der Waals surface area contributed by atoms with Gasteiger partial charge in [-0.1, -0.05) is 175 Å². The lowest BCUT2D eigenvalue weighted by Crippen LogP contribution is -2.40. The van der Waals surface area contributed by atoms with Gasteiger partial charge in [-0.15, -0.1) is 0 Å². The fourth-order valence-electron chi connectivity index (χ4n) is 6.49. The molecule has 0 saturated heterocycles. The lowest BCUT2D eigenvalue weighted by Gasteiger charge is -2.25. The van der Waals surface area contributed by atoms with Gasteiger partial charge in [0.2, 0.25) is 0 Å². The Kier molecular flexibility index (Phi) is 45.5. The van der Waals surface area contributed by atoms with Crippen LogP contribution in [0, 0.1) is 0 Å². The van der Waals surface area contributed by atoms with Crippen LogP contribution in [0.2, 0.25) is 0 Å². The first-order valence-electron chi connectivity index (χ1n) is 26.1. The highest BCUT2D eigenvalue weighted by atomic mass is 16.7. The Morgan fingerprint density at radius 1 is 0.463 bits per heavy atom. The van der Waals surface area contributed by atoms with E-state index in [0.717, 1.165) is 96.3 Å². The minimum atomic E-state index is -1.53. The molecule has 0 spiro atoms. The summed E-state index contributed by atoms with van der Waals surface area (Å²) in [5.41, 5.74) is 0. The van der Waals surface area contributed by atoms with Crippen LogP contribution in [0.3, 0.4) is 0 Å². The van der Waals surface area contributed by atoms with E-state index >= 15 is 0 Å². The maximum atomic E-state index is 12.8. The van der Waals surface area contributed by atoms with Crippen LogP contribution >= 0.6 is 0 Å². The number of hydrogen-bond donors (Lipinski definition) is 1. The Morgan fingerprint density at radius 3 is 1.30 bits per heavy atom. The second-order valence-electron chi connectivity index (χ2n) is 18.1. The molecule has 0 fully saturated rings. The molecule has 67 heavy (non-hydrogen) atoms. The molecule has 9 heteroatoms. The third-order valence-electron chi connectivity index (χ3n) is 10.5. The minimum Gasteiger partial charge on any atom is -0.477 e. The molecular weight excluding hydrogens is 839 g/mol. The Morgan fingerprint density at radius 2 is 0.851 bits per heavy atom. The fraction of sp³-hybridized carbons (Fsp3) is 0.638. The summed E-state index contributed by atoms with van der Waals surface area (Å²) < 4.78 is 22.7. The lowest BCUT2D eigenvalue weighted by molar-refractivity contribution is -0.870. The number of aliphatic carboxylic acids is 1. The zero-order valence-electron chi connectivity index (χ0n) is 43.0. The van der Waals surface area contributed by atoms with Crippen LogP contribution in [0.25, 0.3) is 0 Å². The fourth-order valence-corrected chi connectivity index (χ4v) is 6.49. The van der Waals surface area contributed by atoms with E-state index in [1.807, 2.05) is 21.1 Å². The molecule has 0 amide bonds. The molecule has 0 radical (unpaired) electrons. The second-order valence-corrected chi connectivity index (χ2v) is 18.1. The molecule has 2 atom stereocenters. The number of unbranched alkanes of at least 4 members (excludes halogenated alkanes) is 13. The average molecular weight is 935 g/mol. The van der Waals surface area contributed by atoms with Crippen LogP contribution in [0.15, 0.2) is 109 Å². The van der Waals surface area contributed by atoms with Crippen molar-refractivity contribution in [1.82, 2.24) is 0 Å². The molecule has 0 bridgehead atoms. The molecular formula is C58H96NO8+. The van der Waals surface area contributed by atoms with Gasteiger partial charge in [0.25, 0.3) is 6.29 Å². The number of nitrogens with zero attached hydrogens (tertiary/aromatic N) is 1. The third-order valence-corrected chi connectivity index (χ3v) is 10.5. The van der Waals surface area contributed by atoms with E-state index in [4.69, 9.17) is 18.9 Å². The van der Waals surface area contributed by atoms with Gasteiger partial charge in [0.1, 0.15) is 13.2 Å². The number of carbonyl (C=O) groups excluding carboxylic acids is 2. The molecule has 0 aromatic heterocycles. The number of carboxylic acids is 1. The number of quaternary nitrogens is 1. The van der Waals surface area contributed by atoms with E-state index in [1.54, 1.807) is 0 Å². The minimum absolute atomic E-state index is 0.170. The first-order valence-corrected chi connectivity index (χ1v) is 26.1. The Bertz CT molecular complexity index is 1460. The highest BCUT2D eigenvalue weighted by molar-refractivity contribution is 5.71. The van der Waals surface area contributed by atoms with E-state index in [2.05, 4.69) is 123 Å². The molecule has 0 aromatic rings. The summed E-state index contributed by atoms with van der Waals surface area (Å²) in [6.07, 6.45) is 63.0. The van der Waals surface area contributed by atoms with Crippen molar-refractivity contribution in [2.45, 2.75) is 193 Å². The number of rotatable bonds is 46. The first-order chi connectivity index (χ1) is 32.6. The van der Waals surface area contributed by atoms with Gasteiger partial charge in [-0.25, -0.2) is 4.79 Å². The van der Waals surface area contributed by atoms with Crippen molar-refractivity contribution in [3.05, 3.63) is 109 Å². The summed E-state index contributed by atoms with van der Waals surface area (Å²) in [6.45, 7) is 4.66. The molecule has 380 valence electrons. The van der Waals surface area contributed by atoms with Crippen LogP contribution in [0.5, 0.6) is 0 Å². The van der Waals surface area contributed by atoms with Crippen molar-refractivity contribution >= 4 is 17.9 Å². The van der Waals surface area contributed by atoms with Crippen LogP contribution in [0.1, 0.15) is 181 Å². The van der Waals surface area contributed by atoms with Crippen molar-refractivity contribution in [3.63, 3.8) is 0 Å². The third kappa shape index (κ3) is 49.7. The number of carbonyl (C=O) groups is 3. The Balaban J connectivity index is 4.48. The zero-order chi connectivity index (χ0) is 49.2. The van der Waals surface area contributed by atoms with E-state index in [1.165, 1.54) is 51.4 Å².